The van der Waals surface area contributed by atoms with Crippen LogP contribution in [-0.4, -0.2) is 22.2 Å². The number of carbonyl (C=O) groups excluding carboxylic acids is 1. The number of para-hydroxylation sites is 1. The number of nitro groups is 1. The van der Waals surface area contributed by atoms with Gasteiger partial charge in [0.15, 0.2) is 0 Å². The maximum Gasteiger partial charge on any atom is 0.278 e. The normalized spacial score (nSPS) is 12.0. The Bertz CT molecular complexity index is 732. The number of aliphatic hydroxyl groups is 1. The zero-order valence-corrected chi connectivity index (χ0v) is 12.8. The molecule has 2 rings (SSSR count). The highest BCUT2D eigenvalue weighted by molar-refractivity contribution is 5.86. The molecule has 7 nitrogen and oxygen atoms in total. The number of carbonyl (C=O) groups is 1. The van der Waals surface area contributed by atoms with E-state index in [1.807, 2.05) is 18.2 Å². The maximum absolute atomic E-state index is 11.7. The SMILES string of the molecule is O=C(CC[C@H](O)c1ccccc1)N/N=C\c1ccccc1[N+](=O)[O-]. The molecule has 0 fully saturated rings. The molecule has 2 aromatic rings. The summed E-state index contributed by atoms with van der Waals surface area (Å²) in [6.07, 6.45) is 0.848. The van der Waals surface area contributed by atoms with Crippen molar-refractivity contribution in [2.45, 2.75) is 18.9 Å². The summed E-state index contributed by atoms with van der Waals surface area (Å²) in [6.45, 7) is 0. The fraction of sp³-hybridized carbons (Fsp3) is 0.176. The summed E-state index contributed by atoms with van der Waals surface area (Å²) >= 11 is 0. The van der Waals surface area contributed by atoms with Crippen LogP contribution in [-0.2, 0) is 4.79 Å². The van der Waals surface area contributed by atoms with Crippen LogP contribution in [0.15, 0.2) is 59.7 Å². The summed E-state index contributed by atoms with van der Waals surface area (Å²) in [4.78, 5) is 22.1. The van der Waals surface area contributed by atoms with Crippen LogP contribution in [0.1, 0.15) is 30.1 Å². The molecular formula is C17H17N3O4. The van der Waals surface area contributed by atoms with Crippen molar-refractivity contribution in [2.24, 2.45) is 5.10 Å². The first-order valence-corrected chi connectivity index (χ1v) is 7.36. The van der Waals surface area contributed by atoms with Crippen molar-refractivity contribution in [3.05, 3.63) is 75.8 Å². The van der Waals surface area contributed by atoms with Gasteiger partial charge >= 0.3 is 0 Å². The highest BCUT2D eigenvalue weighted by atomic mass is 16.6. The topological polar surface area (TPSA) is 105 Å². The van der Waals surface area contributed by atoms with Gasteiger partial charge < -0.3 is 5.11 Å². The van der Waals surface area contributed by atoms with Crippen LogP contribution >= 0.6 is 0 Å². The highest BCUT2D eigenvalue weighted by Crippen LogP contribution is 2.17. The van der Waals surface area contributed by atoms with Gasteiger partial charge in [-0.2, -0.15) is 5.10 Å². The van der Waals surface area contributed by atoms with E-state index < -0.39 is 11.0 Å². The monoisotopic (exact) mass is 327 g/mol. The van der Waals surface area contributed by atoms with Crippen LogP contribution < -0.4 is 5.43 Å². The van der Waals surface area contributed by atoms with Gasteiger partial charge in [0.2, 0.25) is 5.91 Å². The summed E-state index contributed by atoms with van der Waals surface area (Å²) in [7, 11) is 0. The zero-order valence-electron chi connectivity index (χ0n) is 12.8. The molecule has 0 aliphatic rings. The summed E-state index contributed by atoms with van der Waals surface area (Å²) in [5, 5.41) is 24.6. The van der Waals surface area contributed by atoms with Gasteiger partial charge in [-0.15, -0.1) is 0 Å². The first kappa shape index (κ1) is 17.3. The van der Waals surface area contributed by atoms with E-state index in [4.69, 9.17) is 0 Å². The van der Waals surface area contributed by atoms with E-state index in [0.29, 0.717) is 5.56 Å². The van der Waals surface area contributed by atoms with Crippen molar-refractivity contribution in [1.29, 1.82) is 0 Å². The van der Waals surface area contributed by atoms with Gasteiger partial charge in [0, 0.05) is 12.5 Å². The molecule has 0 bridgehead atoms. The summed E-state index contributed by atoms with van der Waals surface area (Å²) in [5.74, 6) is -0.375. The fourth-order valence-corrected chi connectivity index (χ4v) is 2.10. The number of benzene rings is 2. The zero-order chi connectivity index (χ0) is 17.4. The maximum atomic E-state index is 11.7. The number of hydrazone groups is 1. The van der Waals surface area contributed by atoms with Crippen molar-refractivity contribution < 1.29 is 14.8 Å². The Morgan fingerprint density at radius 3 is 2.58 bits per heavy atom. The first-order chi connectivity index (χ1) is 11.6. The number of amides is 1. The quantitative estimate of drug-likeness (QED) is 0.463. The third kappa shape index (κ3) is 4.99. The van der Waals surface area contributed by atoms with Gasteiger partial charge in [0.25, 0.3) is 5.69 Å². The lowest BCUT2D eigenvalue weighted by molar-refractivity contribution is -0.385. The van der Waals surface area contributed by atoms with Crippen molar-refractivity contribution >= 4 is 17.8 Å². The van der Waals surface area contributed by atoms with E-state index in [1.54, 1.807) is 24.3 Å². The van der Waals surface area contributed by atoms with Gasteiger partial charge in [0.05, 0.1) is 22.8 Å². The molecular weight excluding hydrogens is 310 g/mol. The first-order valence-electron chi connectivity index (χ1n) is 7.36. The molecule has 2 N–H and O–H groups in total. The molecule has 1 amide bonds. The third-order valence-corrected chi connectivity index (χ3v) is 3.36. The number of hydrogen-bond donors (Lipinski definition) is 2. The molecule has 0 spiro atoms. The molecule has 0 heterocycles. The van der Waals surface area contributed by atoms with E-state index >= 15 is 0 Å². The molecule has 24 heavy (non-hydrogen) atoms. The van der Waals surface area contributed by atoms with Crippen molar-refractivity contribution in [3.8, 4) is 0 Å². The Morgan fingerprint density at radius 2 is 1.88 bits per heavy atom. The molecule has 0 unspecified atom stereocenters. The number of rotatable bonds is 7. The molecule has 124 valence electrons. The second-order valence-electron chi connectivity index (χ2n) is 5.07. The molecule has 0 saturated carbocycles. The average Bonchev–Trinajstić information content (AvgIpc) is 2.60. The van der Waals surface area contributed by atoms with Crippen LogP contribution in [0.25, 0.3) is 0 Å². The van der Waals surface area contributed by atoms with Crippen LogP contribution in [0, 0.1) is 10.1 Å². The number of nitrogens with zero attached hydrogens (tertiary/aromatic N) is 2. The van der Waals surface area contributed by atoms with Gasteiger partial charge in [0.1, 0.15) is 0 Å². The van der Waals surface area contributed by atoms with Crippen LogP contribution in [0.2, 0.25) is 0 Å². The van der Waals surface area contributed by atoms with Gasteiger partial charge in [-0.05, 0) is 18.1 Å². The Labute approximate surface area is 138 Å². The van der Waals surface area contributed by atoms with Crippen LogP contribution in [0.5, 0.6) is 0 Å². The number of nitro benzene ring substituents is 1. The van der Waals surface area contributed by atoms with Crippen LogP contribution in [0.3, 0.4) is 0 Å². The lowest BCUT2D eigenvalue weighted by Crippen LogP contribution is -2.18. The number of hydrogen-bond acceptors (Lipinski definition) is 5. The Hall–Kier alpha value is -3.06. The second-order valence-corrected chi connectivity index (χ2v) is 5.07. The predicted molar refractivity (Wildman–Crippen MR) is 89.5 cm³/mol. The fourth-order valence-electron chi connectivity index (χ4n) is 2.10. The number of aliphatic hydroxyl groups excluding tert-OH is 1. The summed E-state index contributed by atoms with van der Waals surface area (Å²) < 4.78 is 0. The predicted octanol–water partition coefficient (Wildman–Crippen LogP) is 2.56. The minimum Gasteiger partial charge on any atom is -0.388 e. The Morgan fingerprint density at radius 1 is 1.21 bits per heavy atom. The molecule has 2 aromatic carbocycles. The van der Waals surface area contributed by atoms with Crippen molar-refractivity contribution in [2.75, 3.05) is 0 Å². The molecule has 0 aliphatic heterocycles. The Kier molecular flexibility index (Phi) is 6.16. The minimum atomic E-state index is -0.726. The number of nitrogens with one attached hydrogen (secondary N) is 1. The van der Waals surface area contributed by atoms with Gasteiger partial charge in [-0.1, -0.05) is 42.5 Å². The lowest BCUT2D eigenvalue weighted by Gasteiger charge is -2.09. The van der Waals surface area contributed by atoms with E-state index in [0.717, 1.165) is 5.56 Å². The van der Waals surface area contributed by atoms with E-state index in [2.05, 4.69) is 10.5 Å². The summed E-state index contributed by atoms with van der Waals surface area (Å²) in [6, 6.07) is 15.1. The molecule has 0 aromatic heterocycles. The van der Waals surface area contributed by atoms with E-state index in [1.165, 1.54) is 18.3 Å². The summed E-state index contributed by atoms with van der Waals surface area (Å²) in [5.41, 5.74) is 3.26. The third-order valence-electron chi connectivity index (χ3n) is 3.36. The average molecular weight is 327 g/mol. The molecule has 0 saturated heterocycles. The van der Waals surface area contributed by atoms with Crippen LogP contribution in [0.4, 0.5) is 5.69 Å². The minimum absolute atomic E-state index is 0.0876. The smallest absolute Gasteiger partial charge is 0.278 e. The Balaban J connectivity index is 1.84. The van der Waals surface area contributed by atoms with Crippen molar-refractivity contribution in [3.63, 3.8) is 0 Å². The molecule has 7 heteroatoms. The van der Waals surface area contributed by atoms with Crippen molar-refractivity contribution in [1.82, 2.24) is 5.43 Å². The van der Waals surface area contributed by atoms with Gasteiger partial charge in [-0.3, -0.25) is 14.9 Å². The van der Waals surface area contributed by atoms with Gasteiger partial charge in [-0.25, -0.2) is 5.43 Å². The lowest BCUT2D eigenvalue weighted by atomic mass is 10.1. The largest absolute Gasteiger partial charge is 0.388 e. The standard InChI is InChI=1S/C17H17N3O4/c21-16(13-6-2-1-3-7-13)10-11-17(22)19-18-12-14-8-4-5-9-15(14)20(23)24/h1-9,12,16,21H,10-11H2,(H,19,22)/b18-12-/t16-/m0/s1. The highest BCUT2D eigenvalue weighted by Gasteiger charge is 2.11. The molecule has 0 radical (unpaired) electrons. The van der Waals surface area contributed by atoms with E-state index in [-0.39, 0.29) is 24.4 Å². The molecule has 1 atom stereocenters. The van der Waals surface area contributed by atoms with E-state index in [9.17, 15) is 20.0 Å². The molecule has 0 aliphatic carbocycles. The second kappa shape index (κ2) is 8.54.